The number of halogens is 2. The Bertz CT molecular complexity index is 1230. The van der Waals surface area contributed by atoms with Crippen LogP contribution in [-0.4, -0.2) is 22.7 Å². The zero-order chi connectivity index (χ0) is 22.7. The summed E-state index contributed by atoms with van der Waals surface area (Å²) in [5.74, 6) is 0.368. The Morgan fingerprint density at radius 2 is 1.84 bits per heavy atom. The third-order valence-electron chi connectivity index (χ3n) is 5.16. The fourth-order valence-corrected chi connectivity index (χ4v) is 4.61. The van der Waals surface area contributed by atoms with Crippen LogP contribution < -0.4 is 4.74 Å². The van der Waals surface area contributed by atoms with E-state index in [2.05, 4.69) is 6.92 Å². The average Bonchev–Trinajstić information content (AvgIpc) is 3.05. The highest BCUT2D eigenvalue weighted by molar-refractivity contribution is 8.18. The van der Waals surface area contributed by atoms with Crippen molar-refractivity contribution in [2.75, 3.05) is 6.61 Å². The molecule has 0 bridgehead atoms. The Morgan fingerprint density at radius 1 is 1.03 bits per heavy atom. The number of carbonyl (C=O) groups excluding carboxylic acids is 2. The van der Waals surface area contributed by atoms with Crippen molar-refractivity contribution < 1.29 is 14.3 Å². The Labute approximate surface area is 201 Å². The lowest BCUT2D eigenvalue weighted by molar-refractivity contribution is -0.123. The lowest BCUT2D eigenvalue weighted by atomic mass is 10.0. The van der Waals surface area contributed by atoms with Gasteiger partial charge in [-0.15, -0.1) is 0 Å². The van der Waals surface area contributed by atoms with E-state index in [1.165, 1.54) is 4.90 Å². The van der Waals surface area contributed by atoms with Gasteiger partial charge in [0.15, 0.2) is 0 Å². The summed E-state index contributed by atoms with van der Waals surface area (Å²) in [6.07, 6.45) is 3.73. The first-order valence-corrected chi connectivity index (χ1v) is 11.9. The second kappa shape index (κ2) is 9.99. The number of hydrogen-bond donors (Lipinski definition) is 0. The van der Waals surface area contributed by atoms with Gasteiger partial charge >= 0.3 is 0 Å². The molecule has 0 atom stereocenters. The van der Waals surface area contributed by atoms with Gasteiger partial charge in [0.2, 0.25) is 0 Å². The molecular weight excluding hydrogens is 465 g/mol. The van der Waals surface area contributed by atoms with Gasteiger partial charge < -0.3 is 4.74 Å². The van der Waals surface area contributed by atoms with Crippen LogP contribution in [0.15, 0.2) is 59.5 Å². The van der Waals surface area contributed by atoms with Gasteiger partial charge in [-0.2, -0.15) is 0 Å². The normalized spacial score (nSPS) is 15.2. The Hall–Kier alpha value is -2.47. The number of benzene rings is 3. The molecule has 3 aromatic rings. The fourth-order valence-electron chi connectivity index (χ4n) is 3.46. The number of amides is 2. The van der Waals surface area contributed by atoms with Crippen LogP contribution in [0.1, 0.15) is 30.9 Å². The minimum atomic E-state index is -0.335. The molecule has 7 heteroatoms. The van der Waals surface area contributed by atoms with Crippen molar-refractivity contribution in [1.82, 2.24) is 4.90 Å². The molecule has 1 fully saturated rings. The minimum Gasteiger partial charge on any atom is -0.493 e. The van der Waals surface area contributed by atoms with Crippen LogP contribution >= 0.6 is 35.0 Å². The number of nitrogens with zero attached hydrogens (tertiary/aromatic N) is 1. The van der Waals surface area contributed by atoms with E-state index in [0.29, 0.717) is 27.3 Å². The second-order valence-corrected chi connectivity index (χ2v) is 9.22. The fraction of sp³-hybridized carbons (Fsp3) is 0.200. The van der Waals surface area contributed by atoms with Crippen LogP contribution in [0.3, 0.4) is 0 Å². The van der Waals surface area contributed by atoms with Gasteiger partial charge in [-0.3, -0.25) is 14.5 Å². The van der Waals surface area contributed by atoms with Crippen LogP contribution in [-0.2, 0) is 11.3 Å². The molecule has 4 nitrogen and oxygen atoms in total. The zero-order valence-electron chi connectivity index (χ0n) is 17.4. The first-order chi connectivity index (χ1) is 15.5. The van der Waals surface area contributed by atoms with Gasteiger partial charge in [0, 0.05) is 5.56 Å². The van der Waals surface area contributed by atoms with E-state index in [1.807, 2.05) is 36.4 Å². The summed E-state index contributed by atoms with van der Waals surface area (Å²) < 4.78 is 6.01. The van der Waals surface area contributed by atoms with E-state index >= 15 is 0 Å². The summed E-state index contributed by atoms with van der Waals surface area (Å²) in [6, 6.07) is 16.9. The summed E-state index contributed by atoms with van der Waals surface area (Å²) in [7, 11) is 0. The molecule has 2 amide bonds. The van der Waals surface area contributed by atoms with Crippen molar-refractivity contribution in [3.8, 4) is 5.75 Å². The lowest BCUT2D eigenvalue weighted by Gasteiger charge is -2.14. The summed E-state index contributed by atoms with van der Waals surface area (Å²) in [5.41, 5.74) is 1.54. The molecule has 164 valence electrons. The van der Waals surface area contributed by atoms with E-state index in [9.17, 15) is 9.59 Å². The highest BCUT2D eigenvalue weighted by Crippen LogP contribution is 2.37. The first-order valence-electron chi connectivity index (χ1n) is 10.3. The number of rotatable bonds is 7. The molecule has 1 saturated heterocycles. The number of carbonyl (C=O) groups is 2. The molecule has 1 aliphatic rings. The lowest BCUT2D eigenvalue weighted by Crippen LogP contribution is -2.27. The van der Waals surface area contributed by atoms with Gasteiger partial charge in [0.05, 0.1) is 28.1 Å². The predicted molar refractivity (Wildman–Crippen MR) is 132 cm³/mol. The molecule has 0 saturated carbocycles. The van der Waals surface area contributed by atoms with Crippen LogP contribution in [0.2, 0.25) is 10.0 Å². The third kappa shape index (κ3) is 4.80. The number of fused-ring (bicyclic) bond motifs is 1. The van der Waals surface area contributed by atoms with Crippen molar-refractivity contribution in [2.24, 2.45) is 0 Å². The smallest absolute Gasteiger partial charge is 0.293 e. The standard InChI is InChI=1S/C25H21Cl2NO3S/c1-2-3-12-31-22-11-9-17-6-4-5-7-18(17)19(22)14-23-24(29)28(25(30)32-23)15-16-8-10-20(26)21(27)13-16/h4-11,13-14H,2-3,12,15H2,1H3/b23-14-. The maximum atomic E-state index is 13.1. The van der Waals surface area contributed by atoms with Crippen molar-refractivity contribution in [3.05, 3.63) is 80.7 Å². The number of thioether (sulfide) groups is 1. The molecule has 4 rings (SSSR count). The molecule has 0 aliphatic carbocycles. The summed E-state index contributed by atoms with van der Waals surface area (Å²) in [6.45, 7) is 2.83. The number of unbranched alkanes of at least 4 members (excludes halogenated alkanes) is 1. The topological polar surface area (TPSA) is 46.6 Å². The van der Waals surface area contributed by atoms with Crippen molar-refractivity contribution in [2.45, 2.75) is 26.3 Å². The Kier molecular flexibility index (Phi) is 7.09. The molecule has 0 spiro atoms. The molecular formula is C25H21Cl2NO3S. The van der Waals surface area contributed by atoms with Gasteiger partial charge in [-0.05, 0) is 58.8 Å². The predicted octanol–water partition coefficient (Wildman–Crippen LogP) is 7.56. The molecule has 32 heavy (non-hydrogen) atoms. The zero-order valence-corrected chi connectivity index (χ0v) is 19.8. The molecule has 0 radical (unpaired) electrons. The van der Waals surface area contributed by atoms with E-state index in [-0.39, 0.29) is 17.7 Å². The largest absolute Gasteiger partial charge is 0.493 e. The average molecular weight is 486 g/mol. The highest BCUT2D eigenvalue weighted by Gasteiger charge is 2.35. The maximum Gasteiger partial charge on any atom is 0.293 e. The minimum absolute atomic E-state index is 0.133. The van der Waals surface area contributed by atoms with Crippen LogP contribution in [0.25, 0.3) is 16.8 Å². The number of ether oxygens (including phenoxy) is 1. The monoisotopic (exact) mass is 485 g/mol. The van der Waals surface area contributed by atoms with Crippen LogP contribution in [0.5, 0.6) is 5.75 Å². The van der Waals surface area contributed by atoms with Gasteiger partial charge in [-0.1, -0.05) is 72.9 Å². The van der Waals surface area contributed by atoms with E-state index in [4.69, 9.17) is 27.9 Å². The van der Waals surface area contributed by atoms with Gasteiger partial charge in [0.25, 0.3) is 11.1 Å². The quantitative estimate of drug-likeness (QED) is 0.255. The molecule has 0 unspecified atom stereocenters. The van der Waals surface area contributed by atoms with Crippen LogP contribution in [0.4, 0.5) is 4.79 Å². The van der Waals surface area contributed by atoms with Crippen molar-refractivity contribution in [3.63, 3.8) is 0 Å². The SMILES string of the molecule is CCCCOc1ccc2ccccc2c1/C=C1\SC(=O)N(Cc2ccc(Cl)c(Cl)c2)C1=O. The Balaban J connectivity index is 1.67. The molecule has 0 N–H and O–H groups in total. The number of imide groups is 1. The Morgan fingerprint density at radius 3 is 2.62 bits per heavy atom. The first kappa shape index (κ1) is 22.7. The van der Waals surface area contributed by atoms with E-state index < -0.39 is 0 Å². The van der Waals surface area contributed by atoms with E-state index in [1.54, 1.807) is 24.3 Å². The molecule has 1 heterocycles. The summed E-state index contributed by atoms with van der Waals surface area (Å²) in [5, 5.41) is 2.50. The second-order valence-electron chi connectivity index (χ2n) is 7.42. The highest BCUT2D eigenvalue weighted by atomic mass is 35.5. The maximum absolute atomic E-state index is 13.1. The number of hydrogen-bond acceptors (Lipinski definition) is 4. The molecule has 1 aliphatic heterocycles. The van der Waals surface area contributed by atoms with Crippen molar-refractivity contribution >= 4 is 63.0 Å². The van der Waals surface area contributed by atoms with Gasteiger partial charge in [-0.25, -0.2) is 0 Å². The van der Waals surface area contributed by atoms with Gasteiger partial charge in [0.1, 0.15) is 5.75 Å². The molecule has 0 aromatic heterocycles. The molecule has 3 aromatic carbocycles. The van der Waals surface area contributed by atoms with E-state index in [0.717, 1.165) is 46.5 Å². The third-order valence-corrected chi connectivity index (χ3v) is 6.81. The summed E-state index contributed by atoms with van der Waals surface area (Å²) >= 11 is 13.0. The van der Waals surface area contributed by atoms with Crippen molar-refractivity contribution in [1.29, 1.82) is 0 Å². The van der Waals surface area contributed by atoms with Crippen LogP contribution in [0, 0.1) is 0 Å². The summed E-state index contributed by atoms with van der Waals surface area (Å²) in [4.78, 5) is 27.3.